The molecule has 0 aromatic carbocycles. The molecule has 0 saturated heterocycles. The minimum atomic E-state index is -0.135. The fraction of sp³-hybridized carbons (Fsp3) is 0.923. The monoisotopic (exact) mass is 222 g/mol. The molecular formula is C13H22N2O. The first-order valence-corrected chi connectivity index (χ1v) is 6.73. The standard InChI is InChI=1S/C13H22N2O/c14-9-13(5-6-13)12(16)15(7-10-1-2-10)8-11-3-4-11/h10-11H,1-9,14H2. The average molecular weight is 222 g/mol. The van der Waals surface area contributed by atoms with Crippen LogP contribution in [0.1, 0.15) is 38.5 Å². The van der Waals surface area contributed by atoms with Crippen LogP contribution in [-0.4, -0.2) is 30.4 Å². The number of nitrogens with zero attached hydrogens (tertiary/aromatic N) is 1. The maximum absolute atomic E-state index is 12.4. The molecule has 2 N–H and O–H groups in total. The van der Waals surface area contributed by atoms with Crippen molar-refractivity contribution in [1.29, 1.82) is 0 Å². The highest BCUT2D eigenvalue weighted by molar-refractivity contribution is 5.85. The normalized spacial score (nSPS) is 26.6. The van der Waals surface area contributed by atoms with E-state index in [4.69, 9.17) is 5.73 Å². The van der Waals surface area contributed by atoms with E-state index in [9.17, 15) is 4.79 Å². The molecule has 3 aliphatic carbocycles. The van der Waals surface area contributed by atoms with E-state index in [1.165, 1.54) is 25.7 Å². The first-order chi connectivity index (χ1) is 7.73. The molecule has 90 valence electrons. The van der Waals surface area contributed by atoms with Gasteiger partial charge in [0.2, 0.25) is 5.91 Å². The predicted octanol–water partition coefficient (Wildman–Crippen LogP) is 1.37. The molecule has 0 atom stereocenters. The van der Waals surface area contributed by atoms with Gasteiger partial charge in [0.15, 0.2) is 0 Å². The third-order valence-corrected chi connectivity index (χ3v) is 4.34. The maximum Gasteiger partial charge on any atom is 0.230 e. The van der Waals surface area contributed by atoms with E-state index in [0.717, 1.165) is 37.8 Å². The lowest BCUT2D eigenvalue weighted by Gasteiger charge is -2.27. The Morgan fingerprint density at radius 2 is 1.62 bits per heavy atom. The highest BCUT2D eigenvalue weighted by atomic mass is 16.2. The van der Waals surface area contributed by atoms with Crippen LogP contribution >= 0.6 is 0 Å². The summed E-state index contributed by atoms with van der Waals surface area (Å²) in [6.07, 6.45) is 7.34. The molecule has 3 aliphatic rings. The minimum Gasteiger partial charge on any atom is -0.342 e. The summed E-state index contributed by atoms with van der Waals surface area (Å²) in [7, 11) is 0. The van der Waals surface area contributed by atoms with Crippen molar-refractivity contribution in [3.63, 3.8) is 0 Å². The maximum atomic E-state index is 12.4. The van der Waals surface area contributed by atoms with Gasteiger partial charge in [-0.1, -0.05) is 0 Å². The second-order valence-corrected chi connectivity index (χ2v) is 6.08. The third-order valence-electron chi connectivity index (χ3n) is 4.34. The Morgan fingerprint density at radius 1 is 1.12 bits per heavy atom. The summed E-state index contributed by atoms with van der Waals surface area (Å²) in [5, 5.41) is 0. The first kappa shape index (κ1) is 10.6. The Morgan fingerprint density at radius 3 is 1.94 bits per heavy atom. The molecule has 0 unspecified atom stereocenters. The molecule has 0 aliphatic heterocycles. The lowest BCUT2D eigenvalue weighted by molar-refractivity contribution is -0.137. The van der Waals surface area contributed by atoms with Gasteiger partial charge in [0.05, 0.1) is 5.41 Å². The Hall–Kier alpha value is -0.570. The summed E-state index contributed by atoms with van der Waals surface area (Å²) in [5.74, 6) is 1.97. The summed E-state index contributed by atoms with van der Waals surface area (Å²) in [4.78, 5) is 14.6. The zero-order chi connectivity index (χ0) is 11.2. The molecule has 3 rings (SSSR count). The molecular weight excluding hydrogens is 200 g/mol. The summed E-state index contributed by atoms with van der Waals surface area (Å²) in [5.41, 5.74) is 5.62. The predicted molar refractivity (Wildman–Crippen MR) is 62.7 cm³/mol. The van der Waals surface area contributed by atoms with Gasteiger partial charge in [-0.3, -0.25) is 4.79 Å². The van der Waals surface area contributed by atoms with Gasteiger partial charge in [0, 0.05) is 19.6 Å². The van der Waals surface area contributed by atoms with E-state index in [1.807, 2.05) is 0 Å². The minimum absolute atomic E-state index is 0.135. The van der Waals surface area contributed by atoms with Gasteiger partial charge in [-0.15, -0.1) is 0 Å². The van der Waals surface area contributed by atoms with Gasteiger partial charge >= 0.3 is 0 Å². The highest BCUT2D eigenvalue weighted by Crippen LogP contribution is 2.47. The van der Waals surface area contributed by atoms with Crippen LogP contribution in [0.4, 0.5) is 0 Å². The van der Waals surface area contributed by atoms with Gasteiger partial charge in [-0.05, 0) is 50.4 Å². The van der Waals surface area contributed by atoms with Gasteiger partial charge in [-0.25, -0.2) is 0 Å². The van der Waals surface area contributed by atoms with Crippen molar-refractivity contribution in [2.24, 2.45) is 23.0 Å². The van der Waals surface area contributed by atoms with Crippen LogP contribution < -0.4 is 5.73 Å². The van der Waals surface area contributed by atoms with Gasteiger partial charge in [-0.2, -0.15) is 0 Å². The van der Waals surface area contributed by atoms with Crippen LogP contribution in [0.2, 0.25) is 0 Å². The number of carbonyl (C=O) groups excluding carboxylic acids is 1. The van der Waals surface area contributed by atoms with Gasteiger partial charge in [0.1, 0.15) is 0 Å². The molecule has 0 spiro atoms. The molecule has 1 amide bonds. The van der Waals surface area contributed by atoms with Crippen LogP contribution in [0.5, 0.6) is 0 Å². The molecule has 0 aromatic heterocycles. The van der Waals surface area contributed by atoms with E-state index in [1.54, 1.807) is 0 Å². The number of hydrogen-bond acceptors (Lipinski definition) is 2. The molecule has 3 heteroatoms. The Bertz CT molecular complexity index is 276. The summed E-state index contributed by atoms with van der Waals surface area (Å²) in [6, 6.07) is 0. The zero-order valence-electron chi connectivity index (χ0n) is 9.95. The second kappa shape index (κ2) is 3.73. The molecule has 3 nitrogen and oxygen atoms in total. The lowest BCUT2D eigenvalue weighted by atomic mass is 10.1. The number of carbonyl (C=O) groups is 1. The highest BCUT2D eigenvalue weighted by Gasteiger charge is 2.51. The van der Waals surface area contributed by atoms with Gasteiger partial charge in [0.25, 0.3) is 0 Å². The first-order valence-electron chi connectivity index (χ1n) is 6.73. The summed E-state index contributed by atoms with van der Waals surface area (Å²) < 4.78 is 0. The van der Waals surface area contributed by atoms with E-state index in [2.05, 4.69) is 4.90 Å². The lowest BCUT2D eigenvalue weighted by Crippen LogP contribution is -2.42. The van der Waals surface area contributed by atoms with Gasteiger partial charge < -0.3 is 10.6 Å². The zero-order valence-corrected chi connectivity index (χ0v) is 9.95. The van der Waals surface area contributed by atoms with Crippen molar-refractivity contribution in [3.8, 4) is 0 Å². The molecule has 16 heavy (non-hydrogen) atoms. The SMILES string of the molecule is NCC1(C(=O)N(CC2CC2)CC2CC2)CC1. The molecule has 0 heterocycles. The Balaban J connectivity index is 1.62. The number of nitrogens with two attached hydrogens (primary N) is 1. The van der Waals surface area contributed by atoms with Crippen LogP contribution in [0.25, 0.3) is 0 Å². The van der Waals surface area contributed by atoms with E-state index in [0.29, 0.717) is 12.5 Å². The quantitative estimate of drug-likeness (QED) is 0.738. The van der Waals surface area contributed by atoms with E-state index >= 15 is 0 Å². The number of amides is 1. The van der Waals surface area contributed by atoms with E-state index in [-0.39, 0.29) is 5.41 Å². The van der Waals surface area contributed by atoms with Crippen molar-refractivity contribution in [2.75, 3.05) is 19.6 Å². The van der Waals surface area contributed by atoms with Crippen molar-refractivity contribution < 1.29 is 4.79 Å². The average Bonchev–Trinajstić information content (AvgIpc) is 3.14. The van der Waals surface area contributed by atoms with Crippen molar-refractivity contribution in [2.45, 2.75) is 38.5 Å². The van der Waals surface area contributed by atoms with Crippen LogP contribution in [0.15, 0.2) is 0 Å². The number of rotatable bonds is 6. The Labute approximate surface area is 97.4 Å². The fourth-order valence-corrected chi connectivity index (χ4v) is 2.46. The van der Waals surface area contributed by atoms with Crippen molar-refractivity contribution >= 4 is 5.91 Å². The van der Waals surface area contributed by atoms with Crippen molar-refractivity contribution in [3.05, 3.63) is 0 Å². The molecule has 3 fully saturated rings. The van der Waals surface area contributed by atoms with Crippen LogP contribution in [0, 0.1) is 17.3 Å². The molecule has 0 radical (unpaired) electrons. The largest absolute Gasteiger partial charge is 0.342 e. The molecule has 0 aromatic rings. The van der Waals surface area contributed by atoms with E-state index < -0.39 is 0 Å². The number of hydrogen-bond donors (Lipinski definition) is 1. The van der Waals surface area contributed by atoms with Crippen LogP contribution in [-0.2, 0) is 4.79 Å². The smallest absolute Gasteiger partial charge is 0.230 e. The summed E-state index contributed by atoms with van der Waals surface area (Å²) >= 11 is 0. The third kappa shape index (κ3) is 2.10. The summed E-state index contributed by atoms with van der Waals surface area (Å²) in [6.45, 7) is 2.58. The Kier molecular flexibility index (Phi) is 2.46. The van der Waals surface area contributed by atoms with Crippen molar-refractivity contribution in [1.82, 2.24) is 4.90 Å². The van der Waals surface area contributed by atoms with Crippen LogP contribution in [0.3, 0.4) is 0 Å². The molecule has 3 saturated carbocycles. The second-order valence-electron chi connectivity index (χ2n) is 6.08. The molecule has 0 bridgehead atoms. The fourth-order valence-electron chi connectivity index (χ4n) is 2.46. The topological polar surface area (TPSA) is 46.3 Å².